The molecule has 0 spiro atoms. The average molecular weight is 289 g/mol. The van der Waals surface area contributed by atoms with Crippen LogP contribution in [0.4, 0.5) is 5.69 Å². The fourth-order valence-corrected chi connectivity index (χ4v) is 2.59. The van der Waals surface area contributed by atoms with Gasteiger partial charge in [-0.1, -0.05) is 12.2 Å². The Bertz CT molecular complexity index is 610. The lowest BCUT2D eigenvalue weighted by Crippen LogP contribution is -2.34. The Kier molecular flexibility index (Phi) is 3.51. The summed E-state index contributed by atoms with van der Waals surface area (Å²) in [5.74, 6) is -1.25. The van der Waals surface area contributed by atoms with Gasteiger partial charge in [-0.25, -0.2) is 0 Å². The first kappa shape index (κ1) is 13.5. The highest BCUT2D eigenvalue weighted by Crippen LogP contribution is 2.35. The largest absolute Gasteiger partial charge is 0.481 e. The Labute approximate surface area is 121 Å². The molecule has 1 heterocycles. The number of aliphatic carboxylic acids is 1. The van der Waals surface area contributed by atoms with Crippen molar-refractivity contribution >= 4 is 17.6 Å². The Balaban J connectivity index is 1.73. The van der Waals surface area contributed by atoms with Crippen molar-refractivity contribution in [1.82, 2.24) is 0 Å². The van der Waals surface area contributed by atoms with E-state index in [1.807, 2.05) is 12.2 Å². The number of allylic oxidation sites excluding steroid dienone is 2. The third-order valence-corrected chi connectivity index (χ3v) is 3.73. The predicted molar refractivity (Wildman–Crippen MR) is 74.2 cm³/mol. The number of carbonyl (C=O) groups excluding carboxylic acids is 1. The van der Waals surface area contributed by atoms with E-state index in [0.29, 0.717) is 30.0 Å². The maximum atomic E-state index is 12.3. The minimum absolute atomic E-state index is 0.168. The topological polar surface area (TPSA) is 84.9 Å². The monoisotopic (exact) mass is 289 g/mol. The molecule has 0 radical (unpaired) electrons. The van der Waals surface area contributed by atoms with E-state index >= 15 is 0 Å². The zero-order chi connectivity index (χ0) is 14.8. The van der Waals surface area contributed by atoms with Crippen LogP contribution in [0.2, 0.25) is 0 Å². The number of hydrogen-bond acceptors (Lipinski definition) is 4. The molecule has 0 aromatic heterocycles. The van der Waals surface area contributed by atoms with E-state index in [0.717, 1.165) is 0 Å². The highest BCUT2D eigenvalue weighted by atomic mass is 16.7. The van der Waals surface area contributed by atoms with Crippen LogP contribution in [-0.4, -0.2) is 23.8 Å². The van der Waals surface area contributed by atoms with Crippen LogP contribution in [0, 0.1) is 11.8 Å². The third-order valence-electron chi connectivity index (χ3n) is 3.73. The zero-order valence-corrected chi connectivity index (χ0v) is 11.2. The zero-order valence-electron chi connectivity index (χ0n) is 11.2. The molecule has 0 saturated heterocycles. The molecule has 1 aliphatic carbocycles. The van der Waals surface area contributed by atoms with Crippen LogP contribution in [0.15, 0.2) is 30.4 Å². The van der Waals surface area contributed by atoms with Crippen molar-refractivity contribution in [1.29, 1.82) is 0 Å². The third kappa shape index (κ3) is 2.69. The number of ether oxygens (including phenoxy) is 2. The van der Waals surface area contributed by atoms with E-state index in [1.54, 1.807) is 18.2 Å². The molecule has 6 heteroatoms. The number of rotatable bonds is 3. The summed E-state index contributed by atoms with van der Waals surface area (Å²) in [6, 6.07) is 5.10. The molecular formula is C15H15NO5. The van der Waals surface area contributed by atoms with Gasteiger partial charge in [0.15, 0.2) is 11.5 Å². The first-order valence-corrected chi connectivity index (χ1v) is 6.73. The molecule has 1 aromatic carbocycles. The van der Waals surface area contributed by atoms with Crippen molar-refractivity contribution in [2.24, 2.45) is 11.8 Å². The normalized spacial score (nSPS) is 22.9. The van der Waals surface area contributed by atoms with E-state index in [9.17, 15) is 14.7 Å². The standard InChI is InChI=1S/C15H15NO5/c17-14(10-3-1-2-4-11(10)15(18)19)16-9-5-6-12-13(7-9)21-8-20-12/h1-2,5-7,10-11H,3-4,8H2,(H,16,17)(H,18,19)/t10-,11+/m0/s1. The summed E-state index contributed by atoms with van der Waals surface area (Å²) in [5, 5.41) is 12.0. The SMILES string of the molecule is O=C(Nc1ccc2c(c1)OCO2)[C@H]1CC=CC[C@H]1C(=O)O. The fraction of sp³-hybridized carbons (Fsp3) is 0.333. The van der Waals surface area contributed by atoms with Gasteiger partial charge < -0.3 is 19.9 Å². The molecule has 110 valence electrons. The van der Waals surface area contributed by atoms with E-state index in [1.165, 1.54) is 0 Å². The summed E-state index contributed by atoms with van der Waals surface area (Å²) in [5.41, 5.74) is 0.572. The van der Waals surface area contributed by atoms with Gasteiger partial charge in [0.25, 0.3) is 0 Å². The number of amides is 1. The van der Waals surface area contributed by atoms with Gasteiger partial charge in [-0.05, 0) is 25.0 Å². The lowest BCUT2D eigenvalue weighted by atomic mass is 9.82. The smallest absolute Gasteiger partial charge is 0.307 e. The lowest BCUT2D eigenvalue weighted by Gasteiger charge is -2.24. The second-order valence-electron chi connectivity index (χ2n) is 5.05. The molecule has 0 unspecified atom stereocenters. The van der Waals surface area contributed by atoms with E-state index in [-0.39, 0.29) is 12.7 Å². The number of anilines is 1. The molecule has 1 aromatic rings. The Morgan fingerprint density at radius 3 is 2.57 bits per heavy atom. The van der Waals surface area contributed by atoms with Crippen LogP contribution in [0.3, 0.4) is 0 Å². The minimum atomic E-state index is -0.940. The maximum Gasteiger partial charge on any atom is 0.307 e. The Hall–Kier alpha value is -2.50. The van der Waals surface area contributed by atoms with Gasteiger partial charge in [0.05, 0.1) is 11.8 Å². The molecule has 2 N–H and O–H groups in total. The number of hydrogen-bond donors (Lipinski definition) is 2. The summed E-state index contributed by atoms with van der Waals surface area (Å²) in [6.45, 7) is 0.168. The minimum Gasteiger partial charge on any atom is -0.481 e. The van der Waals surface area contributed by atoms with Crippen molar-refractivity contribution in [2.75, 3.05) is 12.1 Å². The second kappa shape index (κ2) is 5.47. The van der Waals surface area contributed by atoms with E-state index in [4.69, 9.17) is 9.47 Å². The molecule has 3 rings (SSSR count). The van der Waals surface area contributed by atoms with E-state index < -0.39 is 17.8 Å². The van der Waals surface area contributed by atoms with Crippen LogP contribution in [0.1, 0.15) is 12.8 Å². The van der Waals surface area contributed by atoms with Gasteiger partial charge in [-0.3, -0.25) is 9.59 Å². The number of nitrogens with one attached hydrogen (secondary N) is 1. The number of carboxylic acids is 1. The maximum absolute atomic E-state index is 12.3. The summed E-state index contributed by atoms with van der Waals surface area (Å²) in [7, 11) is 0. The molecule has 0 fully saturated rings. The molecule has 6 nitrogen and oxygen atoms in total. The van der Waals surface area contributed by atoms with Gasteiger partial charge in [-0.15, -0.1) is 0 Å². The lowest BCUT2D eigenvalue weighted by molar-refractivity contribution is -0.146. The number of carboxylic acid groups (broad SMARTS) is 1. The van der Waals surface area contributed by atoms with Crippen LogP contribution in [-0.2, 0) is 9.59 Å². The van der Waals surface area contributed by atoms with Crippen molar-refractivity contribution in [3.8, 4) is 11.5 Å². The van der Waals surface area contributed by atoms with Crippen molar-refractivity contribution in [3.63, 3.8) is 0 Å². The molecule has 1 amide bonds. The van der Waals surface area contributed by atoms with Gasteiger partial charge in [-0.2, -0.15) is 0 Å². The summed E-state index contributed by atoms with van der Waals surface area (Å²) in [4.78, 5) is 23.5. The number of fused-ring (bicyclic) bond motifs is 1. The molecule has 1 aliphatic heterocycles. The van der Waals surface area contributed by atoms with Gasteiger partial charge in [0.1, 0.15) is 0 Å². The highest BCUT2D eigenvalue weighted by Gasteiger charge is 2.34. The number of benzene rings is 1. The molecule has 21 heavy (non-hydrogen) atoms. The van der Waals surface area contributed by atoms with Gasteiger partial charge >= 0.3 is 5.97 Å². The summed E-state index contributed by atoms with van der Waals surface area (Å²) >= 11 is 0. The highest BCUT2D eigenvalue weighted by molar-refractivity contribution is 5.95. The quantitative estimate of drug-likeness (QED) is 0.832. The van der Waals surface area contributed by atoms with Crippen LogP contribution >= 0.6 is 0 Å². The Morgan fingerprint density at radius 2 is 1.81 bits per heavy atom. The molecule has 2 atom stereocenters. The van der Waals surface area contributed by atoms with Crippen molar-refractivity contribution in [3.05, 3.63) is 30.4 Å². The Morgan fingerprint density at radius 1 is 1.10 bits per heavy atom. The summed E-state index contributed by atoms with van der Waals surface area (Å²) < 4.78 is 10.4. The van der Waals surface area contributed by atoms with Crippen molar-refractivity contribution in [2.45, 2.75) is 12.8 Å². The molecule has 2 aliphatic rings. The molecule has 0 bridgehead atoms. The van der Waals surface area contributed by atoms with Crippen LogP contribution in [0.5, 0.6) is 11.5 Å². The van der Waals surface area contributed by atoms with Gasteiger partial charge in [0.2, 0.25) is 12.7 Å². The predicted octanol–water partition coefficient (Wildman–Crippen LogP) is 2.02. The second-order valence-corrected chi connectivity index (χ2v) is 5.05. The molecule has 0 saturated carbocycles. The van der Waals surface area contributed by atoms with Crippen LogP contribution in [0.25, 0.3) is 0 Å². The fourth-order valence-electron chi connectivity index (χ4n) is 2.59. The average Bonchev–Trinajstić information content (AvgIpc) is 2.94. The number of carbonyl (C=O) groups is 2. The first-order valence-electron chi connectivity index (χ1n) is 6.73. The van der Waals surface area contributed by atoms with E-state index in [2.05, 4.69) is 5.32 Å². The molecular weight excluding hydrogens is 274 g/mol. The summed E-state index contributed by atoms with van der Waals surface area (Å²) in [6.07, 6.45) is 4.48. The van der Waals surface area contributed by atoms with Crippen molar-refractivity contribution < 1.29 is 24.2 Å². The van der Waals surface area contributed by atoms with Gasteiger partial charge in [0, 0.05) is 11.8 Å². The first-order chi connectivity index (χ1) is 10.1. The van der Waals surface area contributed by atoms with Crippen LogP contribution < -0.4 is 14.8 Å².